The molecule has 6 rings (SSSR count). The molecule has 0 spiro atoms. The average molecular weight is 880 g/mol. The summed E-state index contributed by atoms with van der Waals surface area (Å²) in [5.41, 5.74) is 11.2. The molecule has 0 aromatic heterocycles. The Morgan fingerprint density at radius 3 is 2.15 bits per heavy atom. The van der Waals surface area contributed by atoms with Gasteiger partial charge in [-0.05, 0) is 125 Å². The predicted molar refractivity (Wildman–Crippen MR) is 264 cm³/mol. The van der Waals surface area contributed by atoms with Crippen molar-refractivity contribution in [2.24, 2.45) is 10.2 Å². The highest BCUT2D eigenvalue weighted by atomic mass is 16.5. The molecule has 0 saturated heterocycles. The molecule has 4 aromatic carbocycles. The molecule has 2 amide bonds. The van der Waals surface area contributed by atoms with E-state index >= 15 is 0 Å². The highest BCUT2D eigenvalue weighted by Crippen LogP contribution is 2.42. The summed E-state index contributed by atoms with van der Waals surface area (Å²) in [7, 11) is 0. The van der Waals surface area contributed by atoms with Crippen LogP contribution in [0.4, 0.5) is 17.1 Å². The molecule has 65 heavy (non-hydrogen) atoms. The van der Waals surface area contributed by atoms with E-state index in [1.54, 1.807) is 0 Å². The number of azo groups is 1. The van der Waals surface area contributed by atoms with Crippen LogP contribution in [0.1, 0.15) is 102 Å². The minimum Gasteiger partial charge on any atom is -0.494 e. The van der Waals surface area contributed by atoms with Gasteiger partial charge in [-0.25, -0.2) is 4.58 Å². The third-order valence-electron chi connectivity index (χ3n) is 12.0. The second-order valence-corrected chi connectivity index (χ2v) is 16.4. The number of anilines is 1. The first-order valence-corrected chi connectivity index (χ1v) is 23.8. The highest BCUT2D eigenvalue weighted by Gasteiger charge is 2.26. The minimum atomic E-state index is -0.745. The molecule has 1 aliphatic heterocycles. The topological polar surface area (TPSA) is 139 Å². The van der Waals surface area contributed by atoms with Gasteiger partial charge in [-0.2, -0.15) is 10.2 Å². The Labute approximate surface area is 385 Å². The standard InChI is InChI=1S/C54H67N7O4/c1-6-11-12-13-18-35-64-44-30-26-41(27-31-44)59-58-40-24-22-39(23-25-40)38-56-54(63)49(21-16-17-34-55)57-53(62)46-20-15-14-19-45(46)52-47-32-28-42(60(7-2)8-3)36-50(47)65-51-37-43(29-33-48(51)52)61(9-4)10-5/h14-15,19-20,22-33,36-37,49H,6-13,16-18,21,34-35,38,55H2,1-5H3,(H-,56,57,62,63)/p+2/t49-/m0/s1. The Morgan fingerprint density at radius 1 is 0.754 bits per heavy atom. The predicted octanol–water partition coefficient (Wildman–Crippen LogP) is 10.5. The molecule has 0 saturated carbocycles. The summed E-state index contributed by atoms with van der Waals surface area (Å²) in [6.07, 6.45) is 8.10. The van der Waals surface area contributed by atoms with Crippen molar-refractivity contribution >= 4 is 39.8 Å². The Hall–Kier alpha value is -6.33. The zero-order chi connectivity index (χ0) is 46.0. The second-order valence-electron chi connectivity index (χ2n) is 16.4. The van der Waals surface area contributed by atoms with Gasteiger partial charge in [-0.1, -0.05) is 62.9 Å². The Bertz CT molecular complexity index is 2520. The number of nitrogens with zero attached hydrogens (tertiary/aromatic N) is 4. The first kappa shape index (κ1) is 48.1. The Kier molecular flexibility index (Phi) is 18.3. The van der Waals surface area contributed by atoms with Crippen LogP contribution >= 0.6 is 0 Å². The summed E-state index contributed by atoms with van der Waals surface area (Å²) in [6.45, 7) is 16.0. The highest BCUT2D eigenvalue weighted by molar-refractivity contribution is 6.10. The van der Waals surface area contributed by atoms with Crippen LogP contribution < -0.4 is 35.9 Å². The van der Waals surface area contributed by atoms with E-state index in [-0.39, 0.29) is 11.8 Å². The van der Waals surface area contributed by atoms with E-state index in [4.69, 9.17) is 9.15 Å². The third kappa shape index (κ3) is 12.9. The lowest BCUT2D eigenvalue weighted by molar-refractivity contribution is -0.368. The number of ether oxygens (including phenoxy) is 1. The van der Waals surface area contributed by atoms with Crippen LogP contribution in [-0.2, 0) is 11.3 Å². The second kappa shape index (κ2) is 24.7. The number of hydrogen-bond acceptors (Lipinski definition) is 7. The van der Waals surface area contributed by atoms with E-state index in [2.05, 4.69) is 107 Å². The van der Waals surface area contributed by atoms with Gasteiger partial charge in [0.05, 0.1) is 30.6 Å². The number of unbranched alkanes of at least 4 members (excludes halogenated alkanes) is 5. The summed E-state index contributed by atoms with van der Waals surface area (Å²) in [5, 5.41) is 17.0. The number of fused-ring (bicyclic) bond motifs is 2. The Morgan fingerprint density at radius 2 is 1.46 bits per heavy atom. The number of nitrogens with one attached hydrogen (secondary N) is 2. The van der Waals surface area contributed by atoms with Crippen molar-refractivity contribution in [1.29, 1.82) is 0 Å². The molecule has 342 valence electrons. The van der Waals surface area contributed by atoms with Crippen LogP contribution in [0.3, 0.4) is 0 Å². The molecule has 11 heteroatoms. The zero-order valence-corrected chi connectivity index (χ0v) is 39.2. The summed E-state index contributed by atoms with van der Waals surface area (Å²) in [6, 6.07) is 34.8. The molecular formula is C54H69N7O4+2. The molecule has 4 aromatic rings. The number of benzene rings is 5. The molecule has 1 aliphatic carbocycles. The van der Waals surface area contributed by atoms with Crippen molar-refractivity contribution < 1.29 is 24.5 Å². The lowest BCUT2D eigenvalue weighted by atomic mass is 9.90. The largest absolute Gasteiger partial charge is 0.494 e. The smallest absolute Gasteiger partial charge is 0.252 e. The van der Waals surface area contributed by atoms with Crippen LogP contribution in [-0.4, -0.2) is 57.2 Å². The molecular weight excluding hydrogens is 811 g/mol. The van der Waals surface area contributed by atoms with Gasteiger partial charge in [0.15, 0.2) is 0 Å². The molecule has 11 nitrogen and oxygen atoms in total. The number of rotatable bonds is 24. The molecule has 2 aliphatic rings. The Balaban J connectivity index is 1.18. The van der Waals surface area contributed by atoms with Gasteiger partial charge in [-0.3, -0.25) is 9.59 Å². The normalized spacial score (nSPS) is 11.8. The van der Waals surface area contributed by atoms with Gasteiger partial charge < -0.3 is 30.4 Å². The van der Waals surface area contributed by atoms with Crippen LogP contribution in [0, 0.1) is 0 Å². The maximum absolute atomic E-state index is 14.5. The van der Waals surface area contributed by atoms with E-state index in [0.29, 0.717) is 24.2 Å². The fourth-order valence-electron chi connectivity index (χ4n) is 8.27. The van der Waals surface area contributed by atoms with Crippen molar-refractivity contribution in [3.8, 4) is 28.2 Å². The van der Waals surface area contributed by atoms with E-state index < -0.39 is 6.04 Å². The van der Waals surface area contributed by atoms with Gasteiger partial charge in [0.25, 0.3) is 5.91 Å². The molecule has 0 radical (unpaired) electrons. The monoisotopic (exact) mass is 880 g/mol. The molecule has 5 N–H and O–H groups in total. The third-order valence-corrected chi connectivity index (χ3v) is 12.0. The van der Waals surface area contributed by atoms with Crippen LogP contribution in [0.2, 0.25) is 0 Å². The number of quaternary nitrogens is 1. The fourth-order valence-corrected chi connectivity index (χ4v) is 8.27. The maximum atomic E-state index is 14.5. The minimum absolute atomic E-state index is 0.241. The van der Waals surface area contributed by atoms with Crippen LogP contribution in [0.25, 0.3) is 33.4 Å². The summed E-state index contributed by atoms with van der Waals surface area (Å²) < 4.78 is 14.9. The number of amides is 2. The quantitative estimate of drug-likeness (QED) is 0.0240. The van der Waals surface area contributed by atoms with Crippen molar-refractivity contribution in [3.05, 3.63) is 126 Å². The van der Waals surface area contributed by atoms with Crippen molar-refractivity contribution in [2.45, 2.75) is 98.6 Å². The number of hydrogen-bond donors (Lipinski definition) is 3. The van der Waals surface area contributed by atoms with Gasteiger partial charge in [-0.15, -0.1) is 0 Å². The SMILES string of the molecule is CCCCCCCOc1ccc(N=Nc2ccc(CNC(=O)[C@H](CCCC[NH3+])NC(=O)c3ccccc3-c3c4ccc(=[N+](CC)CC)cc-4oc4cc(N(CC)CC)ccc34)cc2)cc1. The molecule has 1 heterocycles. The zero-order valence-electron chi connectivity index (χ0n) is 39.2. The van der Waals surface area contributed by atoms with Gasteiger partial charge in [0.2, 0.25) is 11.3 Å². The van der Waals surface area contributed by atoms with Gasteiger partial charge in [0, 0.05) is 59.5 Å². The molecule has 1 atom stereocenters. The van der Waals surface area contributed by atoms with E-state index in [9.17, 15) is 9.59 Å². The molecule has 0 bridgehead atoms. The fraction of sp³-hybridized carbons (Fsp3) is 0.389. The first-order chi connectivity index (χ1) is 31.8. The summed E-state index contributed by atoms with van der Waals surface area (Å²) >= 11 is 0. The lowest BCUT2D eigenvalue weighted by Gasteiger charge is -2.23. The maximum Gasteiger partial charge on any atom is 0.252 e. The molecule has 0 unspecified atom stereocenters. The average Bonchev–Trinajstić information content (AvgIpc) is 3.34. The van der Waals surface area contributed by atoms with E-state index in [1.807, 2.05) is 72.8 Å². The van der Waals surface area contributed by atoms with Gasteiger partial charge >= 0.3 is 0 Å². The van der Waals surface area contributed by atoms with Crippen molar-refractivity contribution in [1.82, 2.24) is 15.2 Å². The summed E-state index contributed by atoms with van der Waals surface area (Å²) in [5.74, 6) is 1.02. The number of carbonyl (C=O) groups is 2. The van der Waals surface area contributed by atoms with Crippen LogP contribution in [0.5, 0.6) is 5.75 Å². The van der Waals surface area contributed by atoms with E-state index in [1.165, 1.54) is 25.7 Å². The summed E-state index contributed by atoms with van der Waals surface area (Å²) in [4.78, 5) is 30.7. The van der Waals surface area contributed by atoms with Crippen molar-refractivity contribution in [2.75, 3.05) is 44.2 Å². The first-order valence-electron chi connectivity index (χ1n) is 23.8. The van der Waals surface area contributed by atoms with Gasteiger partial charge in [0.1, 0.15) is 36.2 Å². The molecule has 0 fully saturated rings. The number of carbonyl (C=O) groups excluding carboxylic acids is 2. The van der Waals surface area contributed by atoms with Crippen molar-refractivity contribution in [3.63, 3.8) is 0 Å². The van der Waals surface area contributed by atoms with Crippen LogP contribution in [0.15, 0.2) is 124 Å². The van der Waals surface area contributed by atoms with E-state index in [0.717, 1.165) is 120 Å². The lowest BCUT2D eigenvalue weighted by Crippen LogP contribution is -2.50.